The minimum absolute atomic E-state index is 0.0678. The molecule has 1 amide bonds. The van der Waals surface area contributed by atoms with Crippen molar-refractivity contribution < 1.29 is 27.8 Å². The molecule has 1 heterocycles. The highest BCUT2D eigenvalue weighted by Crippen LogP contribution is 2.49. The average molecular weight is 294 g/mol. The number of alkyl halides is 3. The predicted octanol–water partition coefficient (Wildman–Crippen LogP) is 2.50. The zero-order valence-electron chi connectivity index (χ0n) is 11.3. The molecule has 3 unspecified atom stereocenters. The normalized spacial score (nSPS) is 33.7. The molecule has 8 heteroatoms. The van der Waals surface area contributed by atoms with E-state index in [0.29, 0.717) is 12.8 Å². The number of carbonyl (C=O) groups excluding carboxylic acids is 1. The lowest BCUT2D eigenvalue weighted by Crippen LogP contribution is -2.61. The van der Waals surface area contributed by atoms with Gasteiger partial charge in [-0.05, 0) is 25.7 Å². The SMILES string of the molecule is CCOC(=O)N1N=C2C(C)CCCC2C1(O)C(F)(F)F. The summed E-state index contributed by atoms with van der Waals surface area (Å²) in [5.41, 5.74) is -3.08. The van der Waals surface area contributed by atoms with Crippen LogP contribution in [0.3, 0.4) is 0 Å². The van der Waals surface area contributed by atoms with Crippen molar-refractivity contribution in [2.75, 3.05) is 6.61 Å². The largest absolute Gasteiger partial charge is 0.448 e. The molecule has 2 rings (SSSR count). The van der Waals surface area contributed by atoms with Crippen LogP contribution in [0.1, 0.15) is 33.1 Å². The van der Waals surface area contributed by atoms with Gasteiger partial charge >= 0.3 is 12.3 Å². The van der Waals surface area contributed by atoms with Gasteiger partial charge in [-0.15, -0.1) is 0 Å². The van der Waals surface area contributed by atoms with E-state index in [1.807, 2.05) is 0 Å². The molecular formula is C12H17F3N2O3. The van der Waals surface area contributed by atoms with Gasteiger partial charge in [-0.3, -0.25) is 0 Å². The number of carbonyl (C=O) groups is 1. The number of hydrogen-bond acceptors (Lipinski definition) is 4. The second-order valence-corrected chi connectivity index (χ2v) is 5.14. The van der Waals surface area contributed by atoms with Crippen molar-refractivity contribution in [2.45, 2.75) is 45.0 Å². The van der Waals surface area contributed by atoms with Gasteiger partial charge in [0.15, 0.2) is 0 Å². The van der Waals surface area contributed by atoms with Crippen LogP contribution in [0.15, 0.2) is 5.10 Å². The first kappa shape index (κ1) is 15.1. The van der Waals surface area contributed by atoms with Crippen LogP contribution < -0.4 is 0 Å². The van der Waals surface area contributed by atoms with E-state index in [2.05, 4.69) is 9.84 Å². The quantitative estimate of drug-likeness (QED) is 0.808. The van der Waals surface area contributed by atoms with E-state index < -0.39 is 23.9 Å². The van der Waals surface area contributed by atoms with Crippen LogP contribution in [0.25, 0.3) is 0 Å². The highest BCUT2D eigenvalue weighted by atomic mass is 19.4. The Kier molecular flexibility index (Phi) is 3.70. The second-order valence-electron chi connectivity index (χ2n) is 5.14. The Bertz CT molecular complexity index is 438. The maximum Gasteiger partial charge on any atom is 0.439 e. The minimum Gasteiger partial charge on any atom is -0.448 e. The molecule has 0 aromatic carbocycles. The molecule has 1 aliphatic carbocycles. The Morgan fingerprint density at radius 2 is 2.20 bits per heavy atom. The van der Waals surface area contributed by atoms with Crippen LogP contribution in [0.4, 0.5) is 18.0 Å². The Morgan fingerprint density at radius 3 is 2.75 bits per heavy atom. The Balaban J connectivity index is 2.44. The first-order chi connectivity index (χ1) is 9.23. The summed E-state index contributed by atoms with van der Waals surface area (Å²) in [4.78, 5) is 11.7. The van der Waals surface area contributed by atoms with Gasteiger partial charge in [0.1, 0.15) is 0 Å². The van der Waals surface area contributed by atoms with Gasteiger partial charge in [0.2, 0.25) is 0 Å². The molecule has 1 N–H and O–H groups in total. The number of ether oxygens (including phenoxy) is 1. The zero-order chi connectivity index (χ0) is 15.1. The van der Waals surface area contributed by atoms with Crippen LogP contribution in [-0.2, 0) is 4.74 Å². The fourth-order valence-corrected chi connectivity index (χ4v) is 2.86. The van der Waals surface area contributed by atoms with Crippen LogP contribution in [0.2, 0.25) is 0 Å². The molecule has 0 radical (unpaired) electrons. The lowest BCUT2D eigenvalue weighted by Gasteiger charge is -2.38. The summed E-state index contributed by atoms with van der Waals surface area (Å²) in [5.74, 6) is -1.40. The molecule has 3 atom stereocenters. The van der Waals surface area contributed by atoms with Crippen LogP contribution in [0.5, 0.6) is 0 Å². The second kappa shape index (κ2) is 4.91. The number of halogens is 3. The Morgan fingerprint density at radius 1 is 1.55 bits per heavy atom. The summed E-state index contributed by atoms with van der Waals surface area (Å²) in [7, 11) is 0. The van der Waals surface area contributed by atoms with Crippen LogP contribution >= 0.6 is 0 Å². The van der Waals surface area contributed by atoms with Crippen molar-refractivity contribution in [1.82, 2.24) is 5.01 Å². The smallest absolute Gasteiger partial charge is 0.439 e. The third-order valence-corrected chi connectivity index (χ3v) is 3.87. The average Bonchev–Trinajstić information content (AvgIpc) is 2.66. The van der Waals surface area contributed by atoms with Gasteiger partial charge in [0.25, 0.3) is 5.72 Å². The molecule has 0 aromatic heterocycles. The fourth-order valence-electron chi connectivity index (χ4n) is 2.86. The van der Waals surface area contributed by atoms with Gasteiger partial charge in [0.05, 0.1) is 12.5 Å². The third kappa shape index (κ3) is 2.06. The van der Waals surface area contributed by atoms with Crippen LogP contribution in [-0.4, -0.2) is 40.4 Å². The number of amides is 1. The number of hydrogen-bond donors (Lipinski definition) is 1. The summed E-state index contributed by atoms with van der Waals surface area (Å²) in [6, 6.07) is 0. The van der Waals surface area contributed by atoms with Gasteiger partial charge in [-0.2, -0.15) is 23.3 Å². The molecule has 5 nitrogen and oxygen atoms in total. The monoisotopic (exact) mass is 294 g/mol. The van der Waals surface area contributed by atoms with Crippen molar-refractivity contribution in [3.63, 3.8) is 0 Å². The van der Waals surface area contributed by atoms with Gasteiger partial charge in [-0.1, -0.05) is 13.3 Å². The molecule has 0 aromatic rings. The van der Waals surface area contributed by atoms with Crippen molar-refractivity contribution >= 4 is 11.8 Å². The summed E-state index contributed by atoms with van der Waals surface area (Å²) in [5, 5.41) is 14.0. The highest BCUT2D eigenvalue weighted by molar-refractivity contribution is 5.93. The molecular weight excluding hydrogens is 277 g/mol. The first-order valence-corrected chi connectivity index (χ1v) is 6.58. The maximum atomic E-state index is 13.3. The molecule has 0 saturated heterocycles. The highest BCUT2D eigenvalue weighted by Gasteiger charge is 2.69. The van der Waals surface area contributed by atoms with E-state index in [-0.39, 0.29) is 29.7 Å². The standard InChI is InChI=1S/C12H17F3N2O3/c1-3-20-10(18)17-11(19,12(13,14)15)8-6-4-5-7(2)9(8)16-17/h7-8,19H,3-6H2,1-2H3. The molecule has 1 aliphatic heterocycles. The zero-order valence-corrected chi connectivity index (χ0v) is 11.3. The Hall–Kier alpha value is -1.31. The maximum absolute atomic E-state index is 13.3. The lowest BCUT2D eigenvalue weighted by atomic mass is 9.75. The molecule has 2 aliphatic rings. The number of aliphatic hydroxyl groups is 1. The molecule has 114 valence electrons. The van der Waals surface area contributed by atoms with Crippen LogP contribution in [0, 0.1) is 11.8 Å². The van der Waals surface area contributed by atoms with Gasteiger partial charge in [0, 0.05) is 5.71 Å². The van der Waals surface area contributed by atoms with E-state index in [4.69, 9.17) is 0 Å². The summed E-state index contributed by atoms with van der Waals surface area (Å²) in [6.07, 6.45) is -4.87. The van der Waals surface area contributed by atoms with Crippen molar-refractivity contribution in [3.8, 4) is 0 Å². The topological polar surface area (TPSA) is 62.1 Å². The predicted molar refractivity (Wildman–Crippen MR) is 63.8 cm³/mol. The van der Waals surface area contributed by atoms with E-state index in [1.54, 1.807) is 6.92 Å². The van der Waals surface area contributed by atoms with Gasteiger partial charge < -0.3 is 9.84 Å². The van der Waals surface area contributed by atoms with Crippen molar-refractivity contribution in [3.05, 3.63) is 0 Å². The number of rotatable bonds is 1. The molecule has 1 fully saturated rings. The molecule has 0 bridgehead atoms. The first-order valence-electron chi connectivity index (χ1n) is 6.58. The molecule has 20 heavy (non-hydrogen) atoms. The number of nitrogens with zero attached hydrogens (tertiary/aromatic N) is 2. The number of fused-ring (bicyclic) bond motifs is 1. The Labute approximate surface area is 114 Å². The van der Waals surface area contributed by atoms with E-state index in [1.165, 1.54) is 6.92 Å². The number of hydrazone groups is 1. The van der Waals surface area contributed by atoms with Gasteiger partial charge in [-0.25, -0.2) is 4.79 Å². The molecule has 1 saturated carbocycles. The van der Waals surface area contributed by atoms with Crippen molar-refractivity contribution in [1.29, 1.82) is 0 Å². The van der Waals surface area contributed by atoms with E-state index >= 15 is 0 Å². The third-order valence-electron chi connectivity index (χ3n) is 3.87. The summed E-state index contributed by atoms with van der Waals surface area (Å²) >= 11 is 0. The fraction of sp³-hybridized carbons (Fsp3) is 0.833. The minimum atomic E-state index is -4.99. The lowest BCUT2D eigenvalue weighted by molar-refractivity contribution is -0.315. The molecule has 0 spiro atoms. The van der Waals surface area contributed by atoms with E-state index in [9.17, 15) is 23.1 Å². The van der Waals surface area contributed by atoms with E-state index in [0.717, 1.165) is 0 Å². The summed E-state index contributed by atoms with van der Waals surface area (Å²) in [6.45, 7) is 3.13. The summed E-state index contributed by atoms with van der Waals surface area (Å²) < 4.78 is 44.5. The van der Waals surface area contributed by atoms with Crippen molar-refractivity contribution in [2.24, 2.45) is 16.9 Å².